The molecule has 1 aliphatic carbocycles. The normalized spacial score (nSPS) is 14.9. The van der Waals surface area contributed by atoms with Gasteiger partial charge in [0, 0.05) is 12.2 Å². The summed E-state index contributed by atoms with van der Waals surface area (Å²) in [6, 6.07) is 10.00. The number of anilines is 1. The Morgan fingerprint density at radius 3 is 2.71 bits per heavy atom. The third-order valence-corrected chi connectivity index (χ3v) is 3.14. The summed E-state index contributed by atoms with van der Waals surface area (Å²) >= 11 is 5.26. The van der Waals surface area contributed by atoms with Gasteiger partial charge in [0.15, 0.2) is 5.11 Å². The van der Waals surface area contributed by atoms with Crippen molar-refractivity contribution in [1.29, 1.82) is 0 Å². The van der Waals surface area contributed by atoms with E-state index in [0.29, 0.717) is 5.11 Å². The van der Waals surface area contributed by atoms with E-state index in [1.807, 2.05) is 30.3 Å². The van der Waals surface area contributed by atoms with E-state index in [0.717, 1.165) is 12.2 Å². The highest BCUT2D eigenvalue weighted by molar-refractivity contribution is 7.80. The van der Waals surface area contributed by atoms with Crippen molar-refractivity contribution < 1.29 is 0 Å². The predicted molar refractivity (Wildman–Crippen MR) is 77.2 cm³/mol. The molecule has 2 nitrogen and oxygen atoms in total. The maximum Gasteiger partial charge on any atom is 0.171 e. The molecule has 0 saturated heterocycles. The van der Waals surface area contributed by atoms with E-state index in [1.165, 1.54) is 31.3 Å². The Kier molecular flexibility index (Phi) is 4.56. The standard InChI is InChI=1S/C14H18N2S/c17-14(16-13-9-5-2-6-10-13)15-11-12-7-3-1-4-8-12/h2,5-7,9-10H,1,3-4,8,11H2,(H2,15,16,17). The summed E-state index contributed by atoms with van der Waals surface area (Å²) in [6.07, 6.45) is 7.40. The summed E-state index contributed by atoms with van der Waals surface area (Å²) in [5, 5.41) is 7.12. The van der Waals surface area contributed by atoms with Gasteiger partial charge in [-0.15, -0.1) is 0 Å². The molecule has 1 aromatic rings. The Hall–Kier alpha value is -1.35. The summed E-state index contributed by atoms with van der Waals surface area (Å²) in [5.41, 5.74) is 2.51. The average molecular weight is 246 g/mol. The maximum absolute atomic E-state index is 5.26. The van der Waals surface area contributed by atoms with Crippen LogP contribution in [0.1, 0.15) is 25.7 Å². The van der Waals surface area contributed by atoms with Gasteiger partial charge < -0.3 is 10.6 Å². The number of para-hydroxylation sites is 1. The summed E-state index contributed by atoms with van der Waals surface area (Å²) < 4.78 is 0. The van der Waals surface area contributed by atoms with Gasteiger partial charge in [-0.2, -0.15) is 0 Å². The monoisotopic (exact) mass is 246 g/mol. The largest absolute Gasteiger partial charge is 0.359 e. The van der Waals surface area contributed by atoms with Gasteiger partial charge in [-0.05, 0) is 50.0 Å². The third-order valence-electron chi connectivity index (χ3n) is 2.89. The third kappa shape index (κ3) is 4.19. The van der Waals surface area contributed by atoms with E-state index in [-0.39, 0.29) is 0 Å². The summed E-state index contributed by atoms with van der Waals surface area (Å²) in [4.78, 5) is 0. The van der Waals surface area contributed by atoms with E-state index < -0.39 is 0 Å². The first-order valence-corrected chi connectivity index (χ1v) is 6.53. The summed E-state index contributed by atoms with van der Waals surface area (Å²) in [7, 11) is 0. The van der Waals surface area contributed by atoms with E-state index in [9.17, 15) is 0 Å². The van der Waals surface area contributed by atoms with E-state index >= 15 is 0 Å². The van der Waals surface area contributed by atoms with Crippen molar-refractivity contribution >= 4 is 23.0 Å². The van der Waals surface area contributed by atoms with Gasteiger partial charge in [0.05, 0.1) is 0 Å². The molecule has 3 heteroatoms. The molecule has 0 radical (unpaired) electrons. The Bertz CT molecular complexity index is 398. The van der Waals surface area contributed by atoms with Crippen LogP contribution in [0, 0.1) is 0 Å². The zero-order valence-corrected chi connectivity index (χ0v) is 10.7. The molecule has 0 spiro atoms. The minimum Gasteiger partial charge on any atom is -0.359 e. The van der Waals surface area contributed by atoms with Crippen LogP contribution in [0.25, 0.3) is 0 Å². The fourth-order valence-electron chi connectivity index (χ4n) is 1.96. The fraction of sp³-hybridized carbons (Fsp3) is 0.357. The molecule has 17 heavy (non-hydrogen) atoms. The minimum absolute atomic E-state index is 0.697. The van der Waals surface area contributed by atoms with Crippen molar-refractivity contribution in [3.8, 4) is 0 Å². The number of benzene rings is 1. The second-order valence-electron chi connectivity index (χ2n) is 4.28. The van der Waals surface area contributed by atoms with Crippen LogP contribution in [0.2, 0.25) is 0 Å². The Morgan fingerprint density at radius 1 is 1.18 bits per heavy atom. The number of hydrogen-bond acceptors (Lipinski definition) is 1. The lowest BCUT2D eigenvalue weighted by molar-refractivity contribution is 0.683. The molecule has 0 bridgehead atoms. The highest BCUT2D eigenvalue weighted by Crippen LogP contribution is 2.16. The van der Waals surface area contributed by atoms with Gasteiger partial charge in [0.25, 0.3) is 0 Å². The van der Waals surface area contributed by atoms with Gasteiger partial charge in [-0.3, -0.25) is 0 Å². The van der Waals surface area contributed by atoms with Crippen LogP contribution < -0.4 is 10.6 Å². The highest BCUT2D eigenvalue weighted by Gasteiger charge is 2.04. The molecule has 1 aromatic carbocycles. The van der Waals surface area contributed by atoms with E-state index in [4.69, 9.17) is 12.2 Å². The number of allylic oxidation sites excluding steroid dienone is 1. The lowest BCUT2D eigenvalue weighted by Gasteiger charge is -2.15. The van der Waals surface area contributed by atoms with Gasteiger partial charge in [-0.25, -0.2) is 0 Å². The van der Waals surface area contributed by atoms with Crippen molar-refractivity contribution in [2.75, 3.05) is 11.9 Å². The predicted octanol–water partition coefficient (Wildman–Crippen LogP) is 3.47. The topological polar surface area (TPSA) is 24.1 Å². The Balaban J connectivity index is 1.76. The molecule has 0 unspecified atom stereocenters. The Morgan fingerprint density at radius 2 is 2.00 bits per heavy atom. The molecule has 2 rings (SSSR count). The molecular formula is C14H18N2S. The summed E-state index contributed by atoms with van der Waals surface area (Å²) in [6.45, 7) is 0.874. The van der Waals surface area contributed by atoms with Crippen LogP contribution in [-0.4, -0.2) is 11.7 Å². The van der Waals surface area contributed by atoms with Gasteiger partial charge >= 0.3 is 0 Å². The quantitative estimate of drug-likeness (QED) is 0.631. The second-order valence-corrected chi connectivity index (χ2v) is 4.69. The molecule has 0 heterocycles. The van der Waals surface area contributed by atoms with Crippen LogP contribution in [0.5, 0.6) is 0 Å². The number of rotatable bonds is 3. The van der Waals surface area contributed by atoms with E-state index in [1.54, 1.807) is 0 Å². The first kappa shape index (κ1) is 12.1. The SMILES string of the molecule is S=C(NCC1=CCCCC1)Nc1ccccc1. The van der Waals surface area contributed by atoms with Gasteiger partial charge in [0.1, 0.15) is 0 Å². The zero-order chi connectivity index (χ0) is 11.9. The van der Waals surface area contributed by atoms with Crippen LogP contribution >= 0.6 is 12.2 Å². The van der Waals surface area contributed by atoms with Crippen molar-refractivity contribution in [3.63, 3.8) is 0 Å². The molecule has 0 fully saturated rings. The minimum atomic E-state index is 0.697. The highest BCUT2D eigenvalue weighted by atomic mass is 32.1. The zero-order valence-electron chi connectivity index (χ0n) is 9.91. The van der Waals surface area contributed by atoms with Gasteiger partial charge in [0.2, 0.25) is 0 Å². The fourth-order valence-corrected chi connectivity index (χ4v) is 2.15. The molecule has 0 atom stereocenters. The van der Waals surface area contributed by atoms with Crippen LogP contribution in [0.3, 0.4) is 0 Å². The Labute approximate surface area is 108 Å². The maximum atomic E-state index is 5.26. The number of thiocarbonyl (C=S) groups is 1. The lowest BCUT2D eigenvalue weighted by atomic mass is 10.00. The number of nitrogens with one attached hydrogen (secondary N) is 2. The molecule has 0 aliphatic heterocycles. The first-order valence-electron chi connectivity index (χ1n) is 6.12. The molecule has 0 saturated carbocycles. The average Bonchev–Trinajstić information content (AvgIpc) is 2.39. The molecule has 1 aliphatic rings. The van der Waals surface area contributed by atoms with Crippen LogP contribution in [0.15, 0.2) is 42.0 Å². The molecular weight excluding hydrogens is 228 g/mol. The van der Waals surface area contributed by atoms with Crippen LogP contribution in [-0.2, 0) is 0 Å². The second kappa shape index (κ2) is 6.40. The van der Waals surface area contributed by atoms with E-state index in [2.05, 4.69) is 16.7 Å². The number of hydrogen-bond donors (Lipinski definition) is 2. The van der Waals surface area contributed by atoms with Crippen molar-refractivity contribution in [2.45, 2.75) is 25.7 Å². The van der Waals surface area contributed by atoms with Crippen LogP contribution in [0.4, 0.5) is 5.69 Å². The molecule has 2 N–H and O–H groups in total. The van der Waals surface area contributed by atoms with Crippen molar-refractivity contribution in [2.24, 2.45) is 0 Å². The first-order chi connectivity index (χ1) is 8.34. The van der Waals surface area contributed by atoms with Crippen molar-refractivity contribution in [1.82, 2.24) is 5.32 Å². The van der Waals surface area contributed by atoms with Crippen molar-refractivity contribution in [3.05, 3.63) is 42.0 Å². The molecule has 90 valence electrons. The summed E-state index contributed by atoms with van der Waals surface area (Å²) in [5.74, 6) is 0. The van der Waals surface area contributed by atoms with Gasteiger partial charge in [-0.1, -0.05) is 29.8 Å². The molecule has 0 aromatic heterocycles. The smallest absolute Gasteiger partial charge is 0.171 e. The molecule has 0 amide bonds. The lowest BCUT2D eigenvalue weighted by Crippen LogP contribution is -2.30.